The number of hydrogen-bond acceptors (Lipinski definition) is 3. The van der Waals surface area contributed by atoms with E-state index in [0.717, 1.165) is 21.6 Å². The van der Waals surface area contributed by atoms with E-state index in [1.165, 1.54) is 0 Å². The Balaban J connectivity index is 2.56. The highest BCUT2D eigenvalue weighted by Gasteiger charge is 2.02. The Bertz CT molecular complexity index is 546. The van der Waals surface area contributed by atoms with Crippen LogP contribution in [0.25, 0.3) is 10.9 Å². The van der Waals surface area contributed by atoms with Crippen LogP contribution in [0, 0.1) is 0 Å². The zero-order valence-electron chi connectivity index (χ0n) is 6.78. The number of nitrogens with one attached hydrogen (secondary N) is 1. The summed E-state index contributed by atoms with van der Waals surface area (Å²) in [7, 11) is 0. The van der Waals surface area contributed by atoms with E-state index < -0.39 is 0 Å². The molecule has 0 radical (unpaired) electrons. The molecular formula is C9H7N3O. The van der Waals surface area contributed by atoms with Crippen molar-refractivity contribution >= 4 is 10.9 Å². The van der Waals surface area contributed by atoms with Crippen LogP contribution in [-0.2, 0) is 0 Å². The first-order chi connectivity index (χ1) is 6.33. The molecule has 1 aromatic heterocycles. The molecule has 4 heteroatoms. The van der Waals surface area contributed by atoms with Crippen molar-refractivity contribution in [2.24, 2.45) is 9.98 Å². The lowest BCUT2D eigenvalue weighted by atomic mass is 10.2. The van der Waals surface area contributed by atoms with Gasteiger partial charge in [0.05, 0.1) is 16.2 Å². The summed E-state index contributed by atoms with van der Waals surface area (Å²) in [6.45, 7) is 0.522. The van der Waals surface area contributed by atoms with Crippen molar-refractivity contribution in [3.05, 3.63) is 28.9 Å². The fraction of sp³-hybridized carbons (Fsp3) is 0.111. The molecule has 0 fully saturated rings. The lowest BCUT2D eigenvalue weighted by Gasteiger charge is -1.85. The molecule has 1 aliphatic heterocycles. The van der Waals surface area contributed by atoms with Gasteiger partial charge >= 0.3 is 0 Å². The Kier molecular flexibility index (Phi) is 1.07. The van der Waals surface area contributed by atoms with Gasteiger partial charge in [-0.1, -0.05) is 0 Å². The molecule has 1 aliphatic rings. The molecule has 0 atom stereocenters. The van der Waals surface area contributed by atoms with Crippen molar-refractivity contribution in [2.45, 2.75) is 0 Å². The van der Waals surface area contributed by atoms with Crippen molar-refractivity contribution in [3.8, 4) is 5.88 Å². The van der Waals surface area contributed by atoms with Gasteiger partial charge in [0.15, 0.2) is 5.88 Å². The summed E-state index contributed by atoms with van der Waals surface area (Å²) in [5, 5.41) is 12.0. The second kappa shape index (κ2) is 2.10. The first-order valence-corrected chi connectivity index (χ1v) is 4.04. The maximum absolute atomic E-state index is 9.21. The number of aromatic hydroxyl groups is 1. The van der Waals surface area contributed by atoms with Crippen LogP contribution in [0.4, 0.5) is 0 Å². The second-order valence-corrected chi connectivity index (χ2v) is 3.04. The number of H-pyrrole nitrogens is 1. The number of rotatable bonds is 0. The standard InChI is InChI=1S/C9H7N3O/c13-9-2-5-1-7-8(11-4-10-7)3-6(5)12-9/h1-3,12-13H,4H2. The molecule has 3 rings (SSSR count). The Morgan fingerprint density at radius 3 is 2.77 bits per heavy atom. The van der Waals surface area contributed by atoms with Crippen LogP contribution in [0.3, 0.4) is 0 Å². The molecule has 0 amide bonds. The summed E-state index contributed by atoms with van der Waals surface area (Å²) in [4.78, 5) is 11.2. The molecule has 0 saturated carbocycles. The van der Waals surface area contributed by atoms with Crippen molar-refractivity contribution in [3.63, 3.8) is 0 Å². The minimum atomic E-state index is 0.179. The molecule has 13 heavy (non-hydrogen) atoms. The molecule has 0 bridgehead atoms. The lowest BCUT2D eigenvalue weighted by Crippen LogP contribution is -2.20. The number of benzene rings is 1. The Hall–Kier alpha value is -1.84. The number of hydrogen-bond donors (Lipinski definition) is 2. The summed E-state index contributed by atoms with van der Waals surface area (Å²) in [5.74, 6) is 0.179. The first-order valence-electron chi connectivity index (χ1n) is 4.04. The van der Waals surface area contributed by atoms with Crippen LogP contribution in [0.1, 0.15) is 0 Å². The van der Waals surface area contributed by atoms with Gasteiger partial charge in [0.1, 0.15) is 6.67 Å². The summed E-state index contributed by atoms with van der Waals surface area (Å²) in [5.41, 5.74) is 0.900. The number of fused-ring (bicyclic) bond motifs is 2. The van der Waals surface area contributed by atoms with Crippen LogP contribution in [0.2, 0.25) is 0 Å². The first kappa shape index (κ1) is 6.65. The molecular weight excluding hydrogens is 166 g/mol. The van der Waals surface area contributed by atoms with E-state index in [0.29, 0.717) is 6.67 Å². The van der Waals surface area contributed by atoms with E-state index in [2.05, 4.69) is 15.0 Å². The van der Waals surface area contributed by atoms with Gasteiger partial charge in [-0.2, -0.15) is 0 Å². The predicted octanol–water partition coefficient (Wildman–Crippen LogP) is 0.0838. The quantitative estimate of drug-likeness (QED) is 0.582. The fourth-order valence-electron chi connectivity index (χ4n) is 1.58. The minimum Gasteiger partial charge on any atom is -0.495 e. The average molecular weight is 173 g/mol. The normalized spacial score (nSPS) is 13.8. The molecule has 4 nitrogen and oxygen atoms in total. The summed E-state index contributed by atoms with van der Waals surface area (Å²) < 4.78 is 0. The zero-order valence-corrected chi connectivity index (χ0v) is 6.78. The smallest absolute Gasteiger partial charge is 0.189 e. The third-order valence-electron chi connectivity index (χ3n) is 2.18. The Labute approximate surface area is 73.3 Å². The van der Waals surface area contributed by atoms with Crippen LogP contribution in [0.5, 0.6) is 5.88 Å². The zero-order chi connectivity index (χ0) is 8.84. The number of nitrogens with zero attached hydrogens (tertiary/aromatic N) is 2. The third-order valence-corrected chi connectivity index (χ3v) is 2.18. The van der Waals surface area contributed by atoms with Gasteiger partial charge in [-0.15, -0.1) is 0 Å². The highest BCUT2D eigenvalue weighted by molar-refractivity contribution is 5.80. The van der Waals surface area contributed by atoms with E-state index in [1.54, 1.807) is 6.07 Å². The van der Waals surface area contributed by atoms with Gasteiger partial charge < -0.3 is 10.1 Å². The van der Waals surface area contributed by atoms with Gasteiger partial charge in [0.2, 0.25) is 0 Å². The lowest BCUT2D eigenvalue weighted by molar-refractivity contribution is 0.458. The molecule has 0 unspecified atom stereocenters. The van der Waals surface area contributed by atoms with Crippen LogP contribution >= 0.6 is 0 Å². The van der Waals surface area contributed by atoms with E-state index in [4.69, 9.17) is 0 Å². The van der Waals surface area contributed by atoms with Crippen molar-refractivity contribution in [1.29, 1.82) is 0 Å². The van der Waals surface area contributed by atoms with E-state index in [9.17, 15) is 5.11 Å². The van der Waals surface area contributed by atoms with Crippen molar-refractivity contribution < 1.29 is 5.11 Å². The monoisotopic (exact) mass is 173 g/mol. The maximum atomic E-state index is 9.21. The molecule has 2 N–H and O–H groups in total. The number of aromatic nitrogens is 1. The SMILES string of the molecule is Oc1cc2cc3c(cc2[nH]1)=NCN=3. The highest BCUT2D eigenvalue weighted by Crippen LogP contribution is 2.15. The molecule has 0 spiro atoms. The average Bonchev–Trinajstić information content (AvgIpc) is 2.63. The van der Waals surface area contributed by atoms with E-state index in [-0.39, 0.29) is 5.88 Å². The Morgan fingerprint density at radius 2 is 1.92 bits per heavy atom. The molecule has 0 saturated heterocycles. The van der Waals surface area contributed by atoms with Gasteiger partial charge in [0, 0.05) is 11.5 Å². The van der Waals surface area contributed by atoms with Crippen LogP contribution < -0.4 is 10.7 Å². The van der Waals surface area contributed by atoms with Crippen LogP contribution in [0.15, 0.2) is 28.2 Å². The highest BCUT2D eigenvalue weighted by atomic mass is 16.3. The molecule has 1 aromatic carbocycles. The van der Waals surface area contributed by atoms with E-state index >= 15 is 0 Å². The summed E-state index contributed by atoms with van der Waals surface area (Å²) in [6, 6.07) is 5.52. The summed E-state index contributed by atoms with van der Waals surface area (Å²) in [6.07, 6.45) is 0. The van der Waals surface area contributed by atoms with E-state index in [1.807, 2.05) is 12.1 Å². The van der Waals surface area contributed by atoms with Crippen molar-refractivity contribution in [2.75, 3.05) is 6.67 Å². The number of aromatic amines is 1. The second-order valence-electron chi connectivity index (χ2n) is 3.04. The van der Waals surface area contributed by atoms with Crippen molar-refractivity contribution in [1.82, 2.24) is 4.98 Å². The van der Waals surface area contributed by atoms with Gasteiger partial charge in [0.25, 0.3) is 0 Å². The maximum Gasteiger partial charge on any atom is 0.189 e. The predicted molar refractivity (Wildman–Crippen MR) is 47.1 cm³/mol. The summed E-state index contributed by atoms with van der Waals surface area (Å²) >= 11 is 0. The van der Waals surface area contributed by atoms with Gasteiger partial charge in [-0.25, -0.2) is 0 Å². The van der Waals surface area contributed by atoms with Gasteiger partial charge in [-0.3, -0.25) is 9.98 Å². The largest absolute Gasteiger partial charge is 0.495 e. The topological polar surface area (TPSA) is 60.7 Å². The molecule has 0 aliphatic carbocycles. The van der Waals surface area contributed by atoms with Gasteiger partial charge in [-0.05, 0) is 12.1 Å². The molecule has 2 heterocycles. The molecule has 64 valence electrons. The van der Waals surface area contributed by atoms with Crippen LogP contribution in [-0.4, -0.2) is 16.8 Å². The Morgan fingerprint density at radius 1 is 1.15 bits per heavy atom. The third kappa shape index (κ3) is 0.853. The fourth-order valence-corrected chi connectivity index (χ4v) is 1.58. The minimum absolute atomic E-state index is 0.179. The molecule has 2 aromatic rings.